The molecule has 47 heavy (non-hydrogen) atoms. The third-order valence-electron chi connectivity index (χ3n) is 8.59. The molecule has 5 aromatic rings. The van der Waals surface area contributed by atoms with Gasteiger partial charge in [-0.05, 0) is 60.5 Å². The molecule has 2 atom stereocenters. The van der Waals surface area contributed by atoms with Gasteiger partial charge in [0.2, 0.25) is 5.88 Å². The minimum atomic E-state index is -1.09. The molecule has 0 saturated carbocycles. The number of hydrogen-bond acceptors (Lipinski definition) is 7. The average molecular weight is 641 g/mol. The number of aromatic carboxylic acids is 1. The van der Waals surface area contributed by atoms with Crippen molar-refractivity contribution in [1.82, 2.24) is 14.5 Å². The smallest absolute Gasteiger partial charge is 0.335 e. The minimum Gasteiger partial charge on any atom is -0.478 e. The number of carbonyl (C=O) groups is 1. The Balaban J connectivity index is 1.17. The van der Waals surface area contributed by atoms with Crippen LogP contribution in [0.2, 0.25) is 0 Å². The van der Waals surface area contributed by atoms with E-state index in [1.807, 2.05) is 10.6 Å². The van der Waals surface area contributed by atoms with Gasteiger partial charge in [0.25, 0.3) is 0 Å². The number of halogens is 3. The van der Waals surface area contributed by atoms with Crippen LogP contribution in [0.1, 0.15) is 45.7 Å². The summed E-state index contributed by atoms with van der Waals surface area (Å²) in [5, 5.41) is 18.5. The summed E-state index contributed by atoms with van der Waals surface area (Å²) >= 11 is 0. The number of carboxylic acids is 1. The van der Waals surface area contributed by atoms with Crippen molar-refractivity contribution < 1.29 is 37.3 Å². The Labute approximate surface area is 266 Å². The van der Waals surface area contributed by atoms with Gasteiger partial charge in [0, 0.05) is 30.0 Å². The second-order valence-corrected chi connectivity index (χ2v) is 11.7. The maximum absolute atomic E-state index is 15.7. The Bertz CT molecular complexity index is 2070. The molecule has 2 fully saturated rings. The maximum Gasteiger partial charge on any atom is 0.335 e. The highest BCUT2D eigenvalue weighted by molar-refractivity contribution is 5.92. The number of nitriles is 1. The van der Waals surface area contributed by atoms with Crippen LogP contribution in [0.15, 0.2) is 66.7 Å². The molecule has 12 heteroatoms. The quantitative estimate of drug-likeness (QED) is 0.202. The van der Waals surface area contributed by atoms with Crippen molar-refractivity contribution in [3.63, 3.8) is 0 Å². The first-order valence-electron chi connectivity index (χ1n) is 14.9. The fraction of sp³-hybridized carbons (Fsp3) is 0.257. The molecule has 0 spiro atoms. The second kappa shape index (κ2) is 12.2. The van der Waals surface area contributed by atoms with Crippen molar-refractivity contribution >= 4 is 17.0 Å². The molecule has 7 rings (SSSR count). The molecule has 2 aliphatic rings. The van der Waals surface area contributed by atoms with Crippen molar-refractivity contribution in [2.75, 3.05) is 13.2 Å². The van der Waals surface area contributed by atoms with Crippen molar-refractivity contribution in [2.45, 2.75) is 44.1 Å². The van der Waals surface area contributed by atoms with Gasteiger partial charge in [-0.2, -0.15) is 5.26 Å². The van der Waals surface area contributed by atoms with Gasteiger partial charge in [0.1, 0.15) is 35.5 Å². The summed E-state index contributed by atoms with van der Waals surface area (Å²) in [5.41, 5.74) is 0.964. The monoisotopic (exact) mass is 640 g/mol. The summed E-state index contributed by atoms with van der Waals surface area (Å²) in [5.74, 6) is -2.61. The van der Waals surface area contributed by atoms with Crippen LogP contribution in [0.3, 0.4) is 0 Å². The SMILES string of the molecule is N#Cc1ccc(COc2cccc(-c3cc(F)c(Cc4nc5ccc(C(=O)O)cc5n4CC45CO[C@@H](CCO4)C5)cc3F)n2)c(F)c1. The summed E-state index contributed by atoms with van der Waals surface area (Å²) < 4.78 is 65.1. The Morgan fingerprint density at radius 3 is 2.70 bits per heavy atom. The van der Waals surface area contributed by atoms with Crippen molar-refractivity contribution in [1.29, 1.82) is 5.26 Å². The van der Waals surface area contributed by atoms with E-state index in [4.69, 9.17) is 24.5 Å². The first kappa shape index (κ1) is 30.4. The Hall–Kier alpha value is -5.25. The van der Waals surface area contributed by atoms with E-state index in [9.17, 15) is 14.3 Å². The lowest BCUT2D eigenvalue weighted by molar-refractivity contribution is -0.0627. The molecule has 3 aromatic carbocycles. The zero-order valence-corrected chi connectivity index (χ0v) is 24.9. The number of benzene rings is 3. The van der Waals surface area contributed by atoms with E-state index in [1.165, 1.54) is 36.4 Å². The topological polar surface area (TPSA) is 119 Å². The molecule has 2 bridgehead atoms. The van der Waals surface area contributed by atoms with Crippen LogP contribution in [-0.4, -0.2) is 50.5 Å². The molecule has 9 nitrogen and oxygen atoms in total. The van der Waals surface area contributed by atoms with Crippen LogP contribution in [0, 0.1) is 28.8 Å². The van der Waals surface area contributed by atoms with Gasteiger partial charge in [-0.25, -0.2) is 27.9 Å². The zero-order valence-electron chi connectivity index (χ0n) is 24.9. The third kappa shape index (κ3) is 6.03. The number of imidazole rings is 1. The van der Waals surface area contributed by atoms with Crippen molar-refractivity contribution in [3.05, 3.63) is 112 Å². The van der Waals surface area contributed by atoms with Gasteiger partial charge >= 0.3 is 5.97 Å². The lowest BCUT2D eigenvalue weighted by Crippen LogP contribution is -2.41. The highest BCUT2D eigenvalue weighted by Gasteiger charge is 2.45. The Morgan fingerprint density at radius 2 is 1.89 bits per heavy atom. The molecule has 238 valence electrons. The predicted molar refractivity (Wildman–Crippen MR) is 162 cm³/mol. The van der Waals surface area contributed by atoms with Crippen LogP contribution < -0.4 is 4.74 Å². The van der Waals surface area contributed by atoms with Crippen LogP contribution in [-0.2, 0) is 29.0 Å². The lowest BCUT2D eigenvalue weighted by atomic mass is 9.95. The maximum atomic E-state index is 15.7. The van der Waals surface area contributed by atoms with Crippen LogP contribution in [0.4, 0.5) is 13.2 Å². The summed E-state index contributed by atoms with van der Waals surface area (Å²) in [4.78, 5) is 20.7. The van der Waals surface area contributed by atoms with Crippen LogP contribution >= 0.6 is 0 Å². The fourth-order valence-corrected chi connectivity index (χ4v) is 6.18. The summed E-state index contributed by atoms with van der Waals surface area (Å²) in [6.45, 7) is 1.02. The van der Waals surface area contributed by atoms with Crippen molar-refractivity contribution in [3.8, 4) is 23.2 Å². The molecular formula is C35H27F3N4O5. The summed E-state index contributed by atoms with van der Waals surface area (Å²) in [6, 6.07) is 17.2. The minimum absolute atomic E-state index is 0.0487. The molecule has 1 N–H and O–H groups in total. The second-order valence-electron chi connectivity index (χ2n) is 11.7. The molecular weight excluding hydrogens is 613 g/mol. The van der Waals surface area contributed by atoms with E-state index < -0.39 is 29.0 Å². The molecule has 2 aliphatic heterocycles. The number of fused-ring (bicyclic) bond motifs is 3. The first-order chi connectivity index (χ1) is 22.7. The Morgan fingerprint density at radius 1 is 1.04 bits per heavy atom. The predicted octanol–water partition coefficient (Wildman–Crippen LogP) is 6.20. The van der Waals surface area contributed by atoms with E-state index in [2.05, 4.69) is 4.98 Å². The number of nitrogens with zero attached hydrogens (tertiary/aromatic N) is 4. The van der Waals surface area contributed by atoms with E-state index in [-0.39, 0.29) is 58.5 Å². The summed E-state index contributed by atoms with van der Waals surface area (Å²) in [7, 11) is 0. The first-order valence-corrected chi connectivity index (χ1v) is 14.9. The zero-order chi connectivity index (χ0) is 32.7. The number of rotatable bonds is 9. The molecule has 1 unspecified atom stereocenters. The molecule has 0 aliphatic carbocycles. The molecule has 0 amide bonds. The molecule has 4 heterocycles. The van der Waals surface area contributed by atoms with Gasteiger partial charge in [-0.1, -0.05) is 12.1 Å². The largest absolute Gasteiger partial charge is 0.478 e. The van der Waals surface area contributed by atoms with Gasteiger partial charge in [0.15, 0.2) is 0 Å². The third-order valence-corrected chi connectivity index (χ3v) is 8.59. The van der Waals surface area contributed by atoms with Gasteiger partial charge in [0.05, 0.1) is 59.8 Å². The van der Waals surface area contributed by atoms with Gasteiger partial charge in [-0.3, -0.25) is 0 Å². The van der Waals surface area contributed by atoms with Crippen LogP contribution in [0.25, 0.3) is 22.3 Å². The average Bonchev–Trinajstić information content (AvgIpc) is 3.55. The Kier molecular flexibility index (Phi) is 7.87. The molecule has 0 radical (unpaired) electrons. The number of hydrogen-bond donors (Lipinski definition) is 1. The number of ether oxygens (including phenoxy) is 3. The van der Waals surface area contributed by atoms with E-state index in [1.54, 1.807) is 12.1 Å². The van der Waals surface area contributed by atoms with Crippen LogP contribution in [0.5, 0.6) is 5.88 Å². The standard InChI is InChI=1S/C35H27F3N4O5/c36-26-10-20(16-39)4-5-22(26)17-45-33-3-1-2-29(41-33)25-14-27(37)23(11-28(25)38)13-32-40-30-7-6-21(34(43)44)12-31(30)42(32)18-35-15-24(46-19-35)8-9-47-35/h1-7,10-12,14,24H,8-9,13,15,17-19H2,(H,43,44)/t24-,35?/m0/s1. The van der Waals surface area contributed by atoms with Gasteiger partial charge in [-0.15, -0.1) is 0 Å². The van der Waals surface area contributed by atoms with E-state index >= 15 is 8.78 Å². The fourth-order valence-electron chi connectivity index (χ4n) is 6.18. The molecule has 2 saturated heterocycles. The normalized spacial score (nSPS) is 18.7. The summed E-state index contributed by atoms with van der Waals surface area (Å²) in [6.07, 6.45) is 1.46. The van der Waals surface area contributed by atoms with Gasteiger partial charge < -0.3 is 23.9 Å². The molecule has 2 aromatic heterocycles. The highest BCUT2D eigenvalue weighted by Crippen LogP contribution is 2.37. The number of carboxylic acid groups (broad SMARTS) is 1. The van der Waals surface area contributed by atoms with E-state index in [0.717, 1.165) is 24.6 Å². The lowest BCUT2D eigenvalue weighted by Gasteiger charge is -2.32. The van der Waals surface area contributed by atoms with Crippen molar-refractivity contribution in [2.24, 2.45) is 0 Å². The number of aromatic nitrogens is 3. The number of pyridine rings is 1. The van der Waals surface area contributed by atoms with E-state index in [0.29, 0.717) is 43.0 Å². The highest BCUT2D eigenvalue weighted by atomic mass is 19.1.